The average Bonchev–Trinajstić information content (AvgIpc) is 2.97. The number of fused-ring (bicyclic) bond motifs is 4. The molecule has 2 bridgehead atoms. The van der Waals surface area contributed by atoms with Crippen molar-refractivity contribution in [2.24, 2.45) is 5.92 Å². The highest BCUT2D eigenvalue weighted by molar-refractivity contribution is 6.30. The number of esters is 1. The first kappa shape index (κ1) is 24.1. The molecule has 11 heteroatoms. The van der Waals surface area contributed by atoms with E-state index >= 15 is 0 Å². The first-order chi connectivity index (χ1) is 17.0. The molecule has 36 heavy (non-hydrogen) atoms. The molecule has 2 heterocycles. The molecule has 0 radical (unpaired) electrons. The highest BCUT2D eigenvalue weighted by Gasteiger charge is 2.77. The van der Waals surface area contributed by atoms with Gasteiger partial charge in [0.1, 0.15) is 23.1 Å². The van der Waals surface area contributed by atoms with Crippen LogP contribution in [-0.4, -0.2) is 35.3 Å². The number of pyridine rings is 1. The number of carbonyl (C=O) groups is 2. The molecule has 1 fully saturated rings. The first-order valence-electron chi connectivity index (χ1n) is 10.6. The minimum absolute atomic E-state index is 0.0486. The molecule has 186 valence electrons. The number of carbonyl (C=O) groups excluding carboxylic acids is 2. The monoisotopic (exact) mass is 519 g/mol. The summed E-state index contributed by atoms with van der Waals surface area (Å²) >= 11 is 6.10. The molecule has 7 nitrogen and oxygen atoms in total. The van der Waals surface area contributed by atoms with Crippen LogP contribution in [0, 0.1) is 5.92 Å². The van der Waals surface area contributed by atoms with Crippen molar-refractivity contribution in [3.8, 4) is 11.5 Å². The summed E-state index contributed by atoms with van der Waals surface area (Å²) in [6, 6.07) is 14.2. The highest BCUT2D eigenvalue weighted by Crippen LogP contribution is 2.64. The fraction of sp³-hybridized carbons (Fsp3) is 0.240. The van der Waals surface area contributed by atoms with Gasteiger partial charge in [0.05, 0.1) is 18.1 Å². The van der Waals surface area contributed by atoms with Gasteiger partial charge in [-0.2, -0.15) is 0 Å². The Kier molecular flexibility index (Phi) is 5.49. The molecule has 1 saturated carbocycles. The summed E-state index contributed by atoms with van der Waals surface area (Å²) in [5.74, 6) is -5.03. The summed E-state index contributed by atoms with van der Waals surface area (Å²) in [4.78, 5) is 31.4. The summed E-state index contributed by atoms with van der Waals surface area (Å²) < 4.78 is 53.4. The number of benzene rings is 2. The molecule has 2 unspecified atom stereocenters. The van der Waals surface area contributed by atoms with Crippen molar-refractivity contribution >= 4 is 23.4 Å². The van der Waals surface area contributed by atoms with Gasteiger partial charge in [-0.1, -0.05) is 54.1 Å². The van der Waals surface area contributed by atoms with Crippen molar-refractivity contribution in [2.45, 2.75) is 23.5 Å². The van der Waals surface area contributed by atoms with E-state index in [-0.39, 0.29) is 22.0 Å². The Morgan fingerprint density at radius 1 is 1.14 bits per heavy atom. The van der Waals surface area contributed by atoms with E-state index < -0.39 is 46.9 Å². The molecular formula is C25H17ClF3NO6. The number of ether oxygens (including phenoxy) is 3. The van der Waals surface area contributed by atoms with Crippen molar-refractivity contribution in [3.05, 3.63) is 88.7 Å². The van der Waals surface area contributed by atoms with Gasteiger partial charge in [0, 0.05) is 17.8 Å². The molecule has 0 saturated heterocycles. The van der Waals surface area contributed by atoms with Crippen LogP contribution >= 0.6 is 11.6 Å². The predicted octanol–water partition coefficient (Wildman–Crippen LogP) is 4.26. The molecule has 1 aliphatic heterocycles. The molecule has 1 aliphatic carbocycles. The summed E-state index contributed by atoms with van der Waals surface area (Å²) in [5, 5.41) is 12.1. The minimum Gasteiger partial charge on any atom is -0.472 e. The lowest BCUT2D eigenvalue weighted by atomic mass is 9.75. The van der Waals surface area contributed by atoms with E-state index in [0.717, 1.165) is 19.2 Å². The van der Waals surface area contributed by atoms with E-state index in [2.05, 4.69) is 9.72 Å². The summed E-state index contributed by atoms with van der Waals surface area (Å²) in [6.07, 6.45) is -3.72. The molecule has 3 aromatic rings. The van der Waals surface area contributed by atoms with Crippen molar-refractivity contribution in [3.63, 3.8) is 0 Å². The zero-order chi connectivity index (χ0) is 25.9. The summed E-state index contributed by atoms with van der Waals surface area (Å²) in [6.45, 7) is 0. The second kappa shape index (κ2) is 8.21. The van der Waals surface area contributed by atoms with Crippen LogP contribution in [0.25, 0.3) is 0 Å². The highest BCUT2D eigenvalue weighted by atomic mass is 35.5. The summed E-state index contributed by atoms with van der Waals surface area (Å²) in [7, 11) is 1.12. The number of halogens is 4. The molecule has 1 N–H and O–H groups in total. The van der Waals surface area contributed by atoms with E-state index in [1.165, 1.54) is 24.4 Å². The minimum atomic E-state index is -4.92. The molecule has 1 aromatic heterocycles. The Morgan fingerprint density at radius 3 is 2.42 bits per heavy atom. The third-order valence-corrected chi connectivity index (χ3v) is 6.69. The van der Waals surface area contributed by atoms with E-state index in [9.17, 15) is 27.9 Å². The molecule has 2 aromatic carbocycles. The number of ketones is 1. The number of rotatable bonds is 4. The second-order valence-electron chi connectivity index (χ2n) is 8.39. The predicted molar refractivity (Wildman–Crippen MR) is 118 cm³/mol. The lowest BCUT2D eigenvalue weighted by Gasteiger charge is -2.38. The topological polar surface area (TPSA) is 95.0 Å². The number of alkyl halides is 3. The lowest BCUT2D eigenvalue weighted by Crippen LogP contribution is -2.51. The normalized spacial score (nSPS) is 26.7. The Bertz CT molecular complexity index is 1350. The van der Waals surface area contributed by atoms with Crippen LogP contribution in [0.1, 0.15) is 22.7 Å². The maximum Gasteiger partial charge on any atom is 0.573 e. The number of aromatic nitrogens is 1. The average molecular weight is 520 g/mol. The van der Waals surface area contributed by atoms with Gasteiger partial charge in [0.2, 0.25) is 11.4 Å². The van der Waals surface area contributed by atoms with Gasteiger partial charge in [-0.15, -0.1) is 13.2 Å². The van der Waals surface area contributed by atoms with E-state index in [4.69, 9.17) is 21.1 Å². The zero-order valence-electron chi connectivity index (χ0n) is 18.5. The smallest absolute Gasteiger partial charge is 0.472 e. The fourth-order valence-corrected chi connectivity index (χ4v) is 5.31. The summed E-state index contributed by atoms with van der Waals surface area (Å²) in [5.41, 5.74) is -4.19. The van der Waals surface area contributed by atoms with E-state index in [0.29, 0.717) is 5.56 Å². The quantitative estimate of drug-likeness (QED) is 0.514. The Hall–Kier alpha value is -3.63. The van der Waals surface area contributed by atoms with Crippen LogP contribution in [0.4, 0.5) is 13.2 Å². The van der Waals surface area contributed by atoms with Crippen LogP contribution < -0.4 is 9.47 Å². The van der Waals surface area contributed by atoms with Crippen LogP contribution in [0.15, 0.2) is 66.9 Å². The maximum absolute atomic E-state index is 14.1. The van der Waals surface area contributed by atoms with Crippen molar-refractivity contribution in [1.29, 1.82) is 0 Å². The largest absolute Gasteiger partial charge is 0.573 e. The fourth-order valence-electron chi connectivity index (χ4n) is 5.16. The number of hydrogen-bond donors (Lipinski definition) is 1. The molecule has 0 spiro atoms. The van der Waals surface area contributed by atoms with Crippen LogP contribution in [0.5, 0.6) is 11.5 Å². The van der Waals surface area contributed by atoms with Gasteiger partial charge < -0.3 is 19.3 Å². The number of aliphatic hydroxyl groups is 1. The number of methoxy groups -OCH3 is 1. The van der Waals surface area contributed by atoms with Gasteiger partial charge >= 0.3 is 12.3 Å². The number of nitrogens with zero attached hydrogens (tertiary/aromatic N) is 1. The second-order valence-corrected chi connectivity index (χ2v) is 8.83. The van der Waals surface area contributed by atoms with Crippen molar-refractivity contribution in [1.82, 2.24) is 4.98 Å². The molecule has 2 aliphatic rings. The van der Waals surface area contributed by atoms with Crippen molar-refractivity contribution in [2.75, 3.05) is 7.11 Å². The van der Waals surface area contributed by atoms with E-state index in [1.54, 1.807) is 30.3 Å². The van der Waals surface area contributed by atoms with Crippen LogP contribution in [0.3, 0.4) is 0 Å². The Balaban J connectivity index is 1.80. The zero-order valence-corrected chi connectivity index (χ0v) is 19.2. The third kappa shape index (κ3) is 3.43. The van der Waals surface area contributed by atoms with E-state index in [1.807, 2.05) is 0 Å². The Morgan fingerprint density at radius 2 is 1.81 bits per heavy atom. The standard InChI is InChI=1S/C25H17ClF3NO6/c1-34-21(31)19-18(13-5-3-2-4-6-13)24(14-7-9-16(10-8-14)35-25(27,28)29)22(32)23(19,33)20-17(36-24)11-15(26)12-30-20/h2-12,18-19,33H,1H3/t18?,19?,23-,24+/m1/s1. The van der Waals surface area contributed by atoms with Gasteiger partial charge in [0.15, 0.2) is 5.60 Å². The molecule has 5 rings (SSSR count). The van der Waals surface area contributed by atoms with Crippen molar-refractivity contribution < 1.29 is 42.1 Å². The maximum atomic E-state index is 14.1. The lowest BCUT2D eigenvalue weighted by molar-refractivity contribution is -0.274. The molecule has 4 atom stereocenters. The third-order valence-electron chi connectivity index (χ3n) is 6.49. The van der Waals surface area contributed by atoms with Gasteiger partial charge in [0.25, 0.3) is 0 Å². The van der Waals surface area contributed by atoms with Crippen LogP contribution in [0.2, 0.25) is 5.02 Å². The first-order valence-corrected chi connectivity index (χ1v) is 11.0. The van der Waals surface area contributed by atoms with Gasteiger partial charge in [-0.25, -0.2) is 0 Å². The molecule has 0 amide bonds. The molecular weight excluding hydrogens is 503 g/mol. The van der Waals surface area contributed by atoms with Gasteiger partial charge in [-0.3, -0.25) is 14.6 Å². The Labute approximate surface area is 207 Å². The number of hydrogen-bond acceptors (Lipinski definition) is 7. The number of Topliss-reactive ketones (excluding diaryl/α,β-unsaturated/α-hetero) is 1. The SMILES string of the molecule is COC(=O)C1C(c2ccccc2)[C@]2(c3ccc(OC(F)(F)F)cc3)Oc3cc(Cl)cnc3[C@@]1(O)C2=O. The van der Waals surface area contributed by atoms with Crippen LogP contribution in [-0.2, 0) is 25.5 Å². The van der Waals surface area contributed by atoms with Gasteiger partial charge in [-0.05, 0) is 17.7 Å².